The van der Waals surface area contributed by atoms with Gasteiger partial charge in [0.25, 0.3) is 5.91 Å². The molecule has 1 saturated heterocycles. The van der Waals surface area contributed by atoms with Crippen LogP contribution in [0.15, 0.2) is 48.7 Å². The molecule has 35 heavy (non-hydrogen) atoms. The number of benzene rings is 2. The Kier molecular flexibility index (Phi) is 8.18. The molecule has 0 aliphatic carbocycles. The van der Waals surface area contributed by atoms with Crippen molar-refractivity contribution in [3.63, 3.8) is 0 Å². The van der Waals surface area contributed by atoms with E-state index in [1.165, 1.54) is 28.9 Å². The fourth-order valence-electron chi connectivity index (χ4n) is 4.64. The molecular formula is C28H36FN5O. The summed E-state index contributed by atoms with van der Waals surface area (Å²) in [7, 11) is 0. The third-order valence-electron chi connectivity index (χ3n) is 6.82. The van der Waals surface area contributed by atoms with Gasteiger partial charge in [0.15, 0.2) is 0 Å². The summed E-state index contributed by atoms with van der Waals surface area (Å²) in [5, 5.41) is 3.02. The van der Waals surface area contributed by atoms with Gasteiger partial charge in [0.1, 0.15) is 17.3 Å². The van der Waals surface area contributed by atoms with Gasteiger partial charge in [0.2, 0.25) is 0 Å². The molecule has 6 nitrogen and oxygen atoms in total. The van der Waals surface area contributed by atoms with Crippen molar-refractivity contribution in [3.05, 3.63) is 77.1 Å². The van der Waals surface area contributed by atoms with Gasteiger partial charge in [0, 0.05) is 56.7 Å². The van der Waals surface area contributed by atoms with Crippen molar-refractivity contribution in [2.24, 2.45) is 0 Å². The highest BCUT2D eigenvalue weighted by atomic mass is 19.1. The van der Waals surface area contributed by atoms with E-state index in [4.69, 9.17) is 0 Å². The number of aryl methyl sites for hydroxylation is 2. The number of hydrogen-bond donors (Lipinski definition) is 1. The van der Waals surface area contributed by atoms with Crippen LogP contribution in [0.25, 0.3) is 5.69 Å². The van der Waals surface area contributed by atoms with Gasteiger partial charge in [0.05, 0.1) is 0 Å². The smallest absolute Gasteiger partial charge is 0.271 e. The van der Waals surface area contributed by atoms with Gasteiger partial charge in [-0.2, -0.15) is 0 Å². The van der Waals surface area contributed by atoms with Crippen LogP contribution in [0.1, 0.15) is 47.2 Å². The van der Waals surface area contributed by atoms with E-state index in [0.29, 0.717) is 12.2 Å². The number of piperazine rings is 1. The van der Waals surface area contributed by atoms with Crippen LogP contribution >= 0.6 is 0 Å². The van der Waals surface area contributed by atoms with Crippen molar-refractivity contribution in [3.8, 4) is 5.69 Å². The number of amides is 1. The number of carbonyl (C=O) groups excluding carboxylic acids is 1. The molecule has 1 aromatic heterocycles. The number of imidazole rings is 1. The number of anilines is 1. The Balaban J connectivity index is 1.25. The number of aromatic nitrogens is 2. The number of halogens is 1. The first kappa shape index (κ1) is 24.9. The molecule has 3 aromatic rings. The van der Waals surface area contributed by atoms with Crippen LogP contribution in [-0.2, 0) is 6.42 Å². The Morgan fingerprint density at radius 1 is 1.06 bits per heavy atom. The maximum Gasteiger partial charge on any atom is 0.271 e. The highest BCUT2D eigenvalue weighted by Gasteiger charge is 2.19. The molecule has 0 saturated carbocycles. The Morgan fingerprint density at radius 3 is 2.51 bits per heavy atom. The van der Waals surface area contributed by atoms with Crippen LogP contribution in [0, 0.1) is 19.7 Å². The monoisotopic (exact) mass is 477 g/mol. The fourth-order valence-corrected chi connectivity index (χ4v) is 4.64. The van der Waals surface area contributed by atoms with Crippen LogP contribution in [-0.4, -0.2) is 59.6 Å². The normalized spacial score (nSPS) is 14.3. The maximum absolute atomic E-state index is 13.3. The van der Waals surface area contributed by atoms with Crippen molar-refractivity contribution < 1.29 is 9.18 Å². The second kappa shape index (κ2) is 11.5. The van der Waals surface area contributed by atoms with Crippen molar-refractivity contribution in [2.75, 3.05) is 44.2 Å². The number of hydrogen-bond acceptors (Lipinski definition) is 4. The molecule has 0 spiro atoms. The molecule has 1 aliphatic rings. The number of rotatable bonds is 9. The quantitative estimate of drug-likeness (QED) is 0.461. The third kappa shape index (κ3) is 6.09. The predicted octanol–water partition coefficient (Wildman–Crippen LogP) is 4.52. The molecule has 4 rings (SSSR count). The Hall–Kier alpha value is -3.19. The summed E-state index contributed by atoms with van der Waals surface area (Å²) in [6, 6.07) is 12.8. The fraction of sp³-hybridized carbons (Fsp3) is 0.429. The molecule has 0 radical (unpaired) electrons. The van der Waals surface area contributed by atoms with Crippen molar-refractivity contribution in [2.45, 2.75) is 40.0 Å². The standard InChI is InChI=1S/C28H36FN5O/c1-4-7-27-31-25(20-34(27)24-12-10-23(29)11-13-24)28(35)30-14-6-15-32-16-18-33(19-17-32)26-9-5-8-21(2)22(26)3/h5,8-13,20H,4,6-7,14-19H2,1-3H3,(H,30,35). The lowest BCUT2D eigenvalue weighted by Gasteiger charge is -2.37. The van der Waals surface area contributed by atoms with Crippen molar-refractivity contribution in [1.82, 2.24) is 19.8 Å². The molecule has 0 unspecified atom stereocenters. The molecule has 1 fully saturated rings. The Labute approximate surface area is 207 Å². The van der Waals surface area contributed by atoms with E-state index < -0.39 is 0 Å². The zero-order chi connectivity index (χ0) is 24.8. The van der Waals surface area contributed by atoms with Crippen LogP contribution < -0.4 is 10.2 Å². The second-order valence-corrected chi connectivity index (χ2v) is 9.30. The van der Waals surface area contributed by atoms with Crippen LogP contribution in [0.5, 0.6) is 0 Å². The van der Waals surface area contributed by atoms with Gasteiger partial charge in [-0.3, -0.25) is 9.69 Å². The Morgan fingerprint density at radius 2 is 1.80 bits per heavy atom. The summed E-state index contributed by atoms with van der Waals surface area (Å²) >= 11 is 0. The number of carbonyl (C=O) groups is 1. The zero-order valence-corrected chi connectivity index (χ0v) is 21.1. The van der Waals surface area contributed by atoms with E-state index >= 15 is 0 Å². The summed E-state index contributed by atoms with van der Waals surface area (Å²) in [6.07, 6.45) is 4.31. The summed E-state index contributed by atoms with van der Waals surface area (Å²) in [5.74, 6) is 0.365. The molecule has 2 heterocycles. The van der Waals surface area contributed by atoms with E-state index in [-0.39, 0.29) is 11.7 Å². The molecular weight excluding hydrogens is 441 g/mol. The topological polar surface area (TPSA) is 53.4 Å². The number of nitrogens with one attached hydrogen (secondary N) is 1. The number of nitrogens with zero attached hydrogens (tertiary/aromatic N) is 4. The van der Waals surface area contributed by atoms with E-state index in [1.54, 1.807) is 18.3 Å². The van der Waals surface area contributed by atoms with Crippen molar-refractivity contribution >= 4 is 11.6 Å². The molecule has 186 valence electrons. The Bertz CT molecular complexity index is 1130. The van der Waals surface area contributed by atoms with Gasteiger partial charge in [-0.15, -0.1) is 0 Å². The van der Waals surface area contributed by atoms with Gasteiger partial charge < -0.3 is 14.8 Å². The lowest BCUT2D eigenvalue weighted by molar-refractivity contribution is 0.0946. The molecule has 1 N–H and O–H groups in total. The first-order valence-corrected chi connectivity index (χ1v) is 12.6. The predicted molar refractivity (Wildman–Crippen MR) is 139 cm³/mol. The minimum Gasteiger partial charge on any atom is -0.369 e. The van der Waals surface area contributed by atoms with E-state index in [2.05, 4.69) is 59.1 Å². The SMILES string of the molecule is CCCc1nc(C(=O)NCCCN2CCN(c3cccc(C)c3C)CC2)cn1-c1ccc(F)cc1. The first-order chi connectivity index (χ1) is 17.0. The van der Waals surface area contributed by atoms with Gasteiger partial charge in [-0.25, -0.2) is 9.37 Å². The first-order valence-electron chi connectivity index (χ1n) is 12.6. The summed E-state index contributed by atoms with van der Waals surface area (Å²) < 4.78 is 15.2. The molecule has 1 aliphatic heterocycles. The third-order valence-corrected chi connectivity index (χ3v) is 6.82. The van der Waals surface area contributed by atoms with Gasteiger partial charge >= 0.3 is 0 Å². The minimum atomic E-state index is -0.282. The second-order valence-electron chi connectivity index (χ2n) is 9.30. The van der Waals surface area contributed by atoms with E-state index in [9.17, 15) is 9.18 Å². The highest BCUT2D eigenvalue weighted by molar-refractivity contribution is 5.92. The average Bonchev–Trinajstić information content (AvgIpc) is 3.29. The summed E-state index contributed by atoms with van der Waals surface area (Å²) in [4.78, 5) is 22.2. The molecule has 0 bridgehead atoms. The van der Waals surface area contributed by atoms with Gasteiger partial charge in [-0.05, 0) is 74.7 Å². The van der Waals surface area contributed by atoms with Crippen LogP contribution in [0.4, 0.5) is 10.1 Å². The summed E-state index contributed by atoms with van der Waals surface area (Å²) in [5.41, 5.74) is 5.26. The summed E-state index contributed by atoms with van der Waals surface area (Å²) in [6.45, 7) is 12.1. The highest BCUT2D eigenvalue weighted by Crippen LogP contribution is 2.24. The zero-order valence-electron chi connectivity index (χ0n) is 21.1. The lowest BCUT2D eigenvalue weighted by Crippen LogP contribution is -2.47. The molecule has 0 atom stereocenters. The lowest BCUT2D eigenvalue weighted by atomic mass is 10.1. The van der Waals surface area contributed by atoms with Crippen LogP contribution in [0.2, 0.25) is 0 Å². The average molecular weight is 478 g/mol. The van der Waals surface area contributed by atoms with Gasteiger partial charge in [-0.1, -0.05) is 19.1 Å². The largest absolute Gasteiger partial charge is 0.369 e. The van der Waals surface area contributed by atoms with E-state index in [1.807, 2.05) is 4.57 Å². The van der Waals surface area contributed by atoms with E-state index in [0.717, 1.165) is 63.5 Å². The van der Waals surface area contributed by atoms with Crippen molar-refractivity contribution in [1.29, 1.82) is 0 Å². The molecule has 7 heteroatoms. The maximum atomic E-state index is 13.3. The van der Waals surface area contributed by atoms with Crippen LogP contribution in [0.3, 0.4) is 0 Å². The molecule has 2 aromatic carbocycles. The minimum absolute atomic E-state index is 0.164. The molecule has 1 amide bonds.